The second kappa shape index (κ2) is 8.35. The van der Waals surface area contributed by atoms with Crippen molar-refractivity contribution in [3.05, 3.63) is 0 Å². The average molecular weight is 372 g/mol. The summed E-state index contributed by atoms with van der Waals surface area (Å²) in [6.45, 7) is 5.11. The summed E-state index contributed by atoms with van der Waals surface area (Å²) >= 11 is 0. The lowest BCUT2D eigenvalue weighted by atomic mass is 10.0. The zero-order chi connectivity index (χ0) is 17.9. The second-order valence-corrected chi connectivity index (χ2v) is 9.93. The van der Waals surface area contributed by atoms with Crippen molar-refractivity contribution >= 4 is 15.9 Å². The maximum absolute atomic E-state index is 12.9. The highest BCUT2D eigenvalue weighted by atomic mass is 32.2. The van der Waals surface area contributed by atoms with E-state index >= 15 is 0 Å². The number of hydrogen-bond donors (Lipinski definition) is 1. The van der Waals surface area contributed by atoms with Crippen molar-refractivity contribution in [3.8, 4) is 0 Å². The number of unbranched alkanes of at least 4 members (excludes halogenated alkanes) is 1. The van der Waals surface area contributed by atoms with Crippen LogP contribution in [0.4, 0.5) is 0 Å². The number of nitrogens with zero attached hydrogens (tertiary/aromatic N) is 2. The Balaban J connectivity index is 1.51. The maximum Gasteiger partial charge on any atom is 0.241 e. The molecule has 3 fully saturated rings. The minimum Gasteiger partial charge on any atom is -0.341 e. The molecule has 0 spiro atoms. The van der Waals surface area contributed by atoms with Gasteiger partial charge in [0.15, 0.2) is 0 Å². The Hall–Kier alpha value is -0.660. The Labute approximate surface area is 152 Å². The van der Waals surface area contributed by atoms with Crippen LogP contribution in [-0.4, -0.2) is 67.5 Å². The first-order chi connectivity index (χ1) is 12.0. The lowest BCUT2D eigenvalue weighted by Gasteiger charge is -2.35. The van der Waals surface area contributed by atoms with Gasteiger partial charge in [-0.1, -0.05) is 13.3 Å². The molecule has 1 unspecified atom stereocenters. The number of amides is 1. The highest BCUT2D eigenvalue weighted by Crippen LogP contribution is 2.28. The third kappa shape index (κ3) is 4.95. The molecule has 2 heterocycles. The van der Waals surface area contributed by atoms with Crippen molar-refractivity contribution in [1.82, 2.24) is 14.5 Å². The molecule has 6 nitrogen and oxygen atoms in total. The fourth-order valence-electron chi connectivity index (χ4n) is 3.93. The first-order valence-corrected chi connectivity index (χ1v) is 11.6. The predicted molar refractivity (Wildman–Crippen MR) is 98.8 cm³/mol. The van der Waals surface area contributed by atoms with Crippen LogP contribution in [0.25, 0.3) is 0 Å². The topological polar surface area (TPSA) is 69.7 Å². The molecule has 0 radical (unpaired) electrons. The first kappa shape index (κ1) is 19.1. The summed E-state index contributed by atoms with van der Waals surface area (Å²) in [5, 5.41) is 3.62. The van der Waals surface area contributed by atoms with Crippen molar-refractivity contribution in [2.45, 2.75) is 70.4 Å². The minimum absolute atomic E-state index is 0.0261. The molecule has 3 rings (SSSR count). The Morgan fingerprint density at radius 3 is 2.44 bits per heavy atom. The van der Waals surface area contributed by atoms with Crippen LogP contribution in [0.5, 0.6) is 0 Å². The molecule has 25 heavy (non-hydrogen) atoms. The lowest BCUT2D eigenvalue weighted by Crippen LogP contribution is -2.52. The summed E-state index contributed by atoms with van der Waals surface area (Å²) < 4.78 is 26.6. The van der Waals surface area contributed by atoms with Gasteiger partial charge in [-0.3, -0.25) is 4.79 Å². The molecular formula is C18H33N3O3S. The number of sulfonamides is 1. The van der Waals surface area contributed by atoms with Crippen molar-refractivity contribution in [3.63, 3.8) is 0 Å². The van der Waals surface area contributed by atoms with Gasteiger partial charge in [-0.25, -0.2) is 8.42 Å². The molecule has 1 aliphatic carbocycles. The Bertz CT molecular complexity index is 554. The van der Waals surface area contributed by atoms with Crippen LogP contribution in [0.15, 0.2) is 0 Å². The van der Waals surface area contributed by atoms with Gasteiger partial charge in [0.1, 0.15) is 6.04 Å². The highest BCUT2D eigenvalue weighted by Gasteiger charge is 2.40. The summed E-state index contributed by atoms with van der Waals surface area (Å²) in [6, 6.07) is 0.0513. The maximum atomic E-state index is 12.9. The number of carbonyl (C=O) groups is 1. The Kier molecular flexibility index (Phi) is 6.39. The van der Waals surface area contributed by atoms with Crippen molar-refractivity contribution in [2.24, 2.45) is 5.92 Å². The van der Waals surface area contributed by atoms with E-state index in [9.17, 15) is 13.2 Å². The molecule has 1 N–H and O–H groups in total. The molecule has 1 amide bonds. The number of rotatable bonds is 8. The van der Waals surface area contributed by atoms with Crippen molar-refractivity contribution in [2.75, 3.05) is 31.9 Å². The molecule has 0 aromatic carbocycles. The van der Waals surface area contributed by atoms with Gasteiger partial charge in [0.05, 0.1) is 5.75 Å². The normalized spacial score (nSPS) is 26.3. The van der Waals surface area contributed by atoms with Gasteiger partial charge in [0.2, 0.25) is 15.9 Å². The number of likely N-dealkylation sites (tertiary alicyclic amines) is 1. The fraction of sp³-hybridized carbons (Fsp3) is 0.944. The summed E-state index contributed by atoms with van der Waals surface area (Å²) in [6.07, 6.45) is 7.65. The predicted octanol–water partition coefficient (Wildman–Crippen LogP) is 1.57. The van der Waals surface area contributed by atoms with Gasteiger partial charge in [0, 0.05) is 25.7 Å². The summed E-state index contributed by atoms with van der Waals surface area (Å²) in [5.41, 5.74) is 0. The van der Waals surface area contributed by atoms with Gasteiger partial charge < -0.3 is 10.2 Å². The molecule has 2 aliphatic heterocycles. The number of hydrogen-bond acceptors (Lipinski definition) is 4. The Morgan fingerprint density at radius 2 is 1.80 bits per heavy atom. The van der Waals surface area contributed by atoms with Gasteiger partial charge in [0.25, 0.3) is 0 Å². The van der Waals surface area contributed by atoms with E-state index in [1.807, 2.05) is 11.8 Å². The van der Waals surface area contributed by atoms with Crippen molar-refractivity contribution in [1.29, 1.82) is 0 Å². The van der Waals surface area contributed by atoms with E-state index < -0.39 is 16.1 Å². The molecule has 0 aromatic heterocycles. The van der Waals surface area contributed by atoms with Crippen LogP contribution in [0.1, 0.15) is 58.3 Å². The molecule has 1 saturated carbocycles. The monoisotopic (exact) mass is 371 g/mol. The van der Waals surface area contributed by atoms with E-state index in [-0.39, 0.29) is 11.7 Å². The molecule has 0 bridgehead atoms. The first-order valence-electron chi connectivity index (χ1n) is 10.0. The van der Waals surface area contributed by atoms with E-state index in [0.29, 0.717) is 25.4 Å². The minimum atomic E-state index is -3.30. The zero-order valence-electron chi connectivity index (χ0n) is 15.5. The summed E-state index contributed by atoms with van der Waals surface area (Å²) in [4.78, 5) is 14.8. The van der Waals surface area contributed by atoms with Gasteiger partial charge in [-0.2, -0.15) is 4.31 Å². The summed E-state index contributed by atoms with van der Waals surface area (Å²) in [5.74, 6) is 1.07. The molecular weight excluding hydrogens is 338 g/mol. The molecule has 1 atom stereocenters. The highest BCUT2D eigenvalue weighted by molar-refractivity contribution is 7.89. The molecule has 7 heteroatoms. The van der Waals surface area contributed by atoms with Gasteiger partial charge in [-0.05, 0) is 57.4 Å². The third-order valence-electron chi connectivity index (χ3n) is 5.80. The van der Waals surface area contributed by atoms with Gasteiger partial charge >= 0.3 is 0 Å². The average Bonchev–Trinajstić information content (AvgIpc) is 3.31. The summed E-state index contributed by atoms with van der Waals surface area (Å²) in [7, 11) is -3.30. The molecule has 3 aliphatic rings. The van der Waals surface area contributed by atoms with Crippen LogP contribution in [0.3, 0.4) is 0 Å². The van der Waals surface area contributed by atoms with Crippen LogP contribution >= 0.6 is 0 Å². The SMILES string of the molecule is CCCCS(=O)(=O)N1CCCC1C(=O)N1CCC(NCC2CC2)CC1. The zero-order valence-corrected chi connectivity index (χ0v) is 16.3. The quantitative estimate of drug-likeness (QED) is 0.703. The van der Waals surface area contributed by atoms with Crippen LogP contribution in [0, 0.1) is 5.92 Å². The molecule has 144 valence electrons. The van der Waals surface area contributed by atoms with Crippen LogP contribution in [0.2, 0.25) is 0 Å². The fourth-order valence-corrected chi connectivity index (χ4v) is 5.81. The standard InChI is InChI=1S/C18H33N3O3S/c1-2-3-13-25(23,24)21-10-4-5-17(21)18(22)20-11-8-16(9-12-20)19-14-15-6-7-15/h15-17,19H,2-14H2,1H3. The number of carbonyl (C=O) groups excluding carboxylic acids is 1. The number of piperidine rings is 1. The molecule has 0 aromatic rings. The largest absolute Gasteiger partial charge is 0.341 e. The smallest absolute Gasteiger partial charge is 0.241 e. The van der Waals surface area contributed by atoms with Crippen LogP contribution < -0.4 is 5.32 Å². The van der Waals surface area contributed by atoms with E-state index in [1.54, 1.807) is 0 Å². The van der Waals surface area contributed by atoms with E-state index in [0.717, 1.165) is 51.2 Å². The molecule has 2 saturated heterocycles. The Morgan fingerprint density at radius 1 is 1.08 bits per heavy atom. The third-order valence-corrected chi connectivity index (χ3v) is 7.76. The lowest BCUT2D eigenvalue weighted by molar-refractivity contribution is -0.135. The van der Waals surface area contributed by atoms with E-state index in [1.165, 1.54) is 17.1 Å². The van der Waals surface area contributed by atoms with E-state index in [4.69, 9.17) is 0 Å². The number of nitrogens with one attached hydrogen (secondary N) is 1. The van der Waals surface area contributed by atoms with E-state index in [2.05, 4.69) is 5.32 Å². The van der Waals surface area contributed by atoms with Gasteiger partial charge in [-0.15, -0.1) is 0 Å². The second-order valence-electron chi connectivity index (χ2n) is 7.89. The van der Waals surface area contributed by atoms with Crippen LogP contribution in [-0.2, 0) is 14.8 Å². The van der Waals surface area contributed by atoms with Crippen molar-refractivity contribution < 1.29 is 13.2 Å².